The Hall–Kier alpha value is -1.17. The van der Waals surface area contributed by atoms with Gasteiger partial charge in [-0.3, -0.25) is 0 Å². The summed E-state index contributed by atoms with van der Waals surface area (Å²) < 4.78 is 27.0. The lowest BCUT2D eigenvalue weighted by atomic mass is 10.2. The van der Waals surface area contributed by atoms with E-state index in [0.29, 0.717) is 17.3 Å². The summed E-state index contributed by atoms with van der Waals surface area (Å²) in [5.41, 5.74) is 1.01. The molecule has 0 aliphatic heterocycles. The van der Waals surface area contributed by atoms with Crippen molar-refractivity contribution in [2.75, 3.05) is 6.54 Å². The van der Waals surface area contributed by atoms with E-state index in [-0.39, 0.29) is 0 Å². The highest BCUT2D eigenvalue weighted by atomic mass is 32.2. The van der Waals surface area contributed by atoms with Crippen molar-refractivity contribution >= 4 is 21.4 Å². The van der Waals surface area contributed by atoms with Crippen molar-refractivity contribution in [3.8, 4) is 0 Å². The Labute approximate surface area is 118 Å². The van der Waals surface area contributed by atoms with Crippen LogP contribution in [0.5, 0.6) is 0 Å². The van der Waals surface area contributed by atoms with Gasteiger partial charge >= 0.3 is 0 Å². The fourth-order valence-corrected chi connectivity index (χ4v) is 4.52. The van der Waals surface area contributed by atoms with E-state index in [1.54, 1.807) is 21.8 Å². The molecule has 0 fully saturated rings. The summed E-state index contributed by atoms with van der Waals surface area (Å²) in [6, 6.07) is 13.1. The molecule has 1 aromatic heterocycles. The fourth-order valence-electron chi connectivity index (χ4n) is 1.86. The summed E-state index contributed by atoms with van der Waals surface area (Å²) in [6.45, 7) is 2.95. The predicted molar refractivity (Wildman–Crippen MR) is 78.6 cm³/mol. The number of thiophene rings is 1. The highest BCUT2D eigenvalue weighted by Crippen LogP contribution is 2.22. The molecular weight excluding hydrogens is 278 g/mol. The fraction of sp³-hybridized carbons (Fsp3) is 0.286. The Morgan fingerprint density at radius 2 is 1.84 bits per heavy atom. The van der Waals surface area contributed by atoms with E-state index in [1.165, 1.54) is 11.3 Å². The monoisotopic (exact) mass is 295 g/mol. The van der Waals surface area contributed by atoms with E-state index in [4.69, 9.17) is 0 Å². The minimum absolute atomic E-state index is 0.414. The second-order valence-electron chi connectivity index (χ2n) is 4.26. The molecule has 0 radical (unpaired) electrons. The Morgan fingerprint density at radius 3 is 2.42 bits per heavy atom. The Bertz CT molecular complexity index is 592. The van der Waals surface area contributed by atoms with Crippen LogP contribution in [0.25, 0.3) is 0 Å². The molecule has 5 heteroatoms. The molecule has 2 rings (SSSR count). The Balaban J connectivity index is 2.26. The second-order valence-corrected chi connectivity index (χ2v) is 7.37. The maximum atomic E-state index is 12.5. The molecule has 0 saturated carbocycles. The van der Waals surface area contributed by atoms with E-state index in [1.807, 2.05) is 37.3 Å². The molecule has 3 nitrogen and oxygen atoms in total. The van der Waals surface area contributed by atoms with Crippen LogP contribution in [0.4, 0.5) is 0 Å². The average Bonchev–Trinajstić information content (AvgIpc) is 2.94. The molecule has 0 spiro atoms. The summed E-state index contributed by atoms with van der Waals surface area (Å²) in [5, 5.41) is 1.79. The number of rotatable bonds is 6. The van der Waals surface area contributed by atoms with Crippen LogP contribution in [-0.2, 0) is 16.6 Å². The molecular formula is C14H17NO2S2. The van der Waals surface area contributed by atoms with E-state index in [9.17, 15) is 8.42 Å². The maximum absolute atomic E-state index is 12.5. The topological polar surface area (TPSA) is 37.4 Å². The number of hydrogen-bond acceptors (Lipinski definition) is 3. The zero-order valence-electron chi connectivity index (χ0n) is 10.8. The summed E-state index contributed by atoms with van der Waals surface area (Å²) in [6.07, 6.45) is 0.803. The lowest BCUT2D eigenvalue weighted by molar-refractivity contribution is 0.407. The van der Waals surface area contributed by atoms with Gasteiger partial charge in [-0.05, 0) is 23.4 Å². The van der Waals surface area contributed by atoms with Crippen molar-refractivity contribution < 1.29 is 8.42 Å². The lowest BCUT2D eigenvalue weighted by Crippen LogP contribution is -2.30. The van der Waals surface area contributed by atoms with E-state index in [0.717, 1.165) is 12.0 Å². The van der Waals surface area contributed by atoms with Crippen LogP contribution in [0.2, 0.25) is 0 Å². The van der Waals surface area contributed by atoms with Crippen LogP contribution in [0.1, 0.15) is 18.9 Å². The molecule has 0 amide bonds. The van der Waals surface area contributed by atoms with Crippen LogP contribution < -0.4 is 0 Å². The van der Waals surface area contributed by atoms with Crippen molar-refractivity contribution in [3.63, 3.8) is 0 Å². The molecule has 19 heavy (non-hydrogen) atoms. The molecule has 0 aliphatic carbocycles. The van der Waals surface area contributed by atoms with Gasteiger partial charge in [-0.15, -0.1) is 11.3 Å². The first kappa shape index (κ1) is 14.2. The molecule has 1 aromatic carbocycles. The van der Waals surface area contributed by atoms with Gasteiger partial charge in [0, 0.05) is 13.1 Å². The number of hydrogen-bond donors (Lipinski definition) is 0. The normalized spacial score (nSPS) is 11.9. The van der Waals surface area contributed by atoms with E-state index >= 15 is 0 Å². The van der Waals surface area contributed by atoms with Gasteiger partial charge in [-0.25, -0.2) is 8.42 Å². The third-order valence-corrected chi connectivity index (χ3v) is 5.98. The Kier molecular flexibility index (Phi) is 4.74. The second kappa shape index (κ2) is 6.32. The SMILES string of the molecule is CCCN(Cc1ccccc1)S(=O)(=O)c1cccs1. The molecule has 0 atom stereocenters. The molecule has 2 aromatic rings. The van der Waals surface area contributed by atoms with Crippen molar-refractivity contribution in [1.29, 1.82) is 0 Å². The van der Waals surface area contributed by atoms with Crippen LogP contribution >= 0.6 is 11.3 Å². The minimum atomic E-state index is -3.37. The quantitative estimate of drug-likeness (QED) is 0.819. The van der Waals surface area contributed by atoms with E-state index in [2.05, 4.69) is 0 Å². The highest BCUT2D eigenvalue weighted by molar-refractivity contribution is 7.91. The van der Waals surface area contributed by atoms with Crippen molar-refractivity contribution in [1.82, 2.24) is 4.31 Å². The first-order valence-corrected chi connectivity index (χ1v) is 8.54. The van der Waals surface area contributed by atoms with Crippen molar-refractivity contribution in [3.05, 3.63) is 53.4 Å². The summed E-state index contributed by atoms with van der Waals surface area (Å²) >= 11 is 1.26. The Morgan fingerprint density at radius 1 is 1.11 bits per heavy atom. The van der Waals surface area contributed by atoms with Gasteiger partial charge < -0.3 is 0 Å². The molecule has 0 saturated heterocycles. The van der Waals surface area contributed by atoms with Gasteiger partial charge in [0.05, 0.1) is 0 Å². The van der Waals surface area contributed by atoms with E-state index < -0.39 is 10.0 Å². The van der Waals surface area contributed by atoms with Gasteiger partial charge in [-0.1, -0.05) is 43.3 Å². The van der Waals surface area contributed by atoms with Gasteiger partial charge in [0.25, 0.3) is 10.0 Å². The number of benzene rings is 1. The van der Waals surface area contributed by atoms with Crippen molar-refractivity contribution in [2.24, 2.45) is 0 Å². The number of sulfonamides is 1. The smallest absolute Gasteiger partial charge is 0.206 e. The van der Waals surface area contributed by atoms with Crippen LogP contribution in [0.3, 0.4) is 0 Å². The van der Waals surface area contributed by atoms with Gasteiger partial charge in [-0.2, -0.15) is 4.31 Å². The third-order valence-electron chi connectivity index (χ3n) is 2.76. The van der Waals surface area contributed by atoms with Crippen LogP contribution in [-0.4, -0.2) is 19.3 Å². The molecule has 102 valence electrons. The predicted octanol–water partition coefficient (Wildman–Crippen LogP) is 3.35. The summed E-state index contributed by atoms with van der Waals surface area (Å²) in [7, 11) is -3.37. The first-order chi connectivity index (χ1) is 9.14. The number of nitrogens with zero attached hydrogens (tertiary/aromatic N) is 1. The standard InChI is InChI=1S/C14H17NO2S2/c1-2-10-15(12-13-7-4-3-5-8-13)19(16,17)14-9-6-11-18-14/h3-9,11H,2,10,12H2,1H3. The molecule has 0 N–H and O–H groups in total. The first-order valence-electron chi connectivity index (χ1n) is 6.22. The zero-order valence-corrected chi connectivity index (χ0v) is 12.5. The summed E-state index contributed by atoms with van der Waals surface area (Å²) in [4.78, 5) is 0. The maximum Gasteiger partial charge on any atom is 0.252 e. The lowest BCUT2D eigenvalue weighted by Gasteiger charge is -2.20. The largest absolute Gasteiger partial charge is 0.252 e. The zero-order chi connectivity index (χ0) is 13.7. The highest BCUT2D eigenvalue weighted by Gasteiger charge is 2.24. The molecule has 0 aliphatic rings. The average molecular weight is 295 g/mol. The summed E-state index contributed by atoms with van der Waals surface area (Å²) in [5.74, 6) is 0. The molecule has 0 unspecified atom stereocenters. The van der Waals surface area contributed by atoms with Gasteiger partial charge in [0.2, 0.25) is 0 Å². The van der Waals surface area contributed by atoms with Crippen LogP contribution in [0.15, 0.2) is 52.1 Å². The van der Waals surface area contributed by atoms with Gasteiger partial charge in [0.15, 0.2) is 0 Å². The third kappa shape index (κ3) is 3.43. The molecule has 0 bridgehead atoms. The van der Waals surface area contributed by atoms with Crippen molar-refractivity contribution in [2.45, 2.75) is 24.1 Å². The minimum Gasteiger partial charge on any atom is -0.206 e. The molecule has 1 heterocycles. The van der Waals surface area contributed by atoms with Gasteiger partial charge in [0.1, 0.15) is 4.21 Å². The van der Waals surface area contributed by atoms with Crippen LogP contribution in [0, 0.1) is 0 Å².